The van der Waals surface area contributed by atoms with Crippen molar-refractivity contribution >= 4 is 10.9 Å². The fourth-order valence-corrected chi connectivity index (χ4v) is 2.18. The number of nitriles is 1. The summed E-state index contributed by atoms with van der Waals surface area (Å²) in [5.74, 6) is 0.980. The van der Waals surface area contributed by atoms with Gasteiger partial charge in [-0.3, -0.25) is 4.98 Å². The first kappa shape index (κ1) is 11.9. The molecule has 2 aromatic rings. The summed E-state index contributed by atoms with van der Waals surface area (Å²) < 4.78 is 5.68. The molecule has 1 aromatic heterocycles. The minimum Gasteiger partial charge on any atom is -0.490 e. The van der Waals surface area contributed by atoms with Crippen molar-refractivity contribution in [3.05, 3.63) is 36.5 Å². The first-order valence-corrected chi connectivity index (χ1v) is 6.39. The molecule has 96 valence electrons. The summed E-state index contributed by atoms with van der Waals surface area (Å²) in [7, 11) is 0. The third-order valence-electron chi connectivity index (χ3n) is 3.57. The Morgan fingerprint density at radius 1 is 1.42 bits per heavy atom. The molecule has 1 aromatic carbocycles. The van der Waals surface area contributed by atoms with E-state index in [0.717, 1.165) is 23.7 Å². The molecule has 4 heteroatoms. The van der Waals surface area contributed by atoms with Crippen molar-refractivity contribution in [3.8, 4) is 11.8 Å². The van der Waals surface area contributed by atoms with E-state index in [2.05, 4.69) is 11.1 Å². The smallest absolute Gasteiger partial charge is 0.141 e. The highest BCUT2D eigenvalue weighted by Gasteiger charge is 2.43. The molecular weight excluding hydrogens is 238 g/mol. The maximum absolute atomic E-state index is 9.18. The van der Waals surface area contributed by atoms with E-state index in [9.17, 15) is 5.26 Å². The van der Waals surface area contributed by atoms with Crippen LogP contribution in [-0.4, -0.2) is 17.1 Å². The molecule has 1 unspecified atom stereocenters. The largest absolute Gasteiger partial charge is 0.490 e. The second kappa shape index (κ2) is 4.52. The number of aromatic nitrogens is 1. The number of benzene rings is 1. The van der Waals surface area contributed by atoms with Gasteiger partial charge in [-0.2, -0.15) is 5.26 Å². The van der Waals surface area contributed by atoms with E-state index in [1.54, 1.807) is 6.20 Å². The molecular formula is C15H15N3O. The fraction of sp³-hybridized carbons (Fsp3) is 0.333. The summed E-state index contributed by atoms with van der Waals surface area (Å²) >= 11 is 0. The van der Waals surface area contributed by atoms with E-state index in [1.165, 1.54) is 0 Å². The van der Waals surface area contributed by atoms with Gasteiger partial charge in [0.2, 0.25) is 0 Å². The second-order valence-electron chi connectivity index (χ2n) is 5.07. The lowest BCUT2D eigenvalue weighted by molar-refractivity contribution is 0.237. The number of ether oxygens (including phenoxy) is 1. The minimum absolute atomic E-state index is 0.229. The van der Waals surface area contributed by atoms with Gasteiger partial charge in [0.05, 0.1) is 11.6 Å². The third kappa shape index (κ3) is 2.38. The third-order valence-corrected chi connectivity index (χ3v) is 3.57. The van der Waals surface area contributed by atoms with Gasteiger partial charge >= 0.3 is 0 Å². The van der Waals surface area contributed by atoms with Crippen molar-refractivity contribution in [1.82, 2.24) is 4.98 Å². The van der Waals surface area contributed by atoms with Crippen molar-refractivity contribution in [2.45, 2.75) is 18.4 Å². The van der Waals surface area contributed by atoms with E-state index in [1.807, 2.05) is 30.3 Å². The van der Waals surface area contributed by atoms with Gasteiger partial charge in [-0.1, -0.05) is 6.07 Å². The van der Waals surface area contributed by atoms with Crippen molar-refractivity contribution < 1.29 is 4.74 Å². The van der Waals surface area contributed by atoms with Crippen LogP contribution in [0.2, 0.25) is 0 Å². The van der Waals surface area contributed by atoms with Crippen molar-refractivity contribution in [2.75, 3.05) is 6.61 Å². The monoisotopic (exact) mass is 253 g/mol. The Balaban J connectivity index is 1.76. The van der Waals surface area contributed by atoms with Crippen LogP contribution >= 0.6 is 0 Å². The number of rotatable bonds is 4. The van der Waals surface area contributed by atoms with Crippen LogP contribution in [0.1, 0.15) is 12.8 Å². The van der Waals surface area contributed by atoms with Crippen LogP contribution in [-0.2, 0) is 0 Å². The zero-order valence-electron chi connectivity index (χ0n) is 10.5. The maximum Gasteiger partial charge on any atom is 0.141 e. The molecule has 1 aliphatic rings. The topological polar surface area (TPSA) is 71.9 Å². The number of nitrogens with zero attached hydrogens (tertiary/aromatic N) is 2. The molecule has 1 fully saturated rings. The standard InChI is InChI=1S/C15H15N3O/c16-9-15(17,12-4-5-12)10-19-13-6-3-11-2-1-7-18-14(11)8-13/h1-3,6-8,12H,4-5,10,17H2. The maximum atomic E-state index is 9.18. The van der Waals surface area contributed by atoms with Crippen LogP contribution in [0.15, 0.2) is 36.5 Å². The van der Waals surface area contributed by atoms with Gasteiger partial charge in [0.25, 0.3) is 0 Å². The summed E-state index contributed by atoms with van der Waals surface area (Å²) in [6.07, 6.45) is 3.79. The van der Waals surface area contributed by atoms with Crippen molar-refractivity contribution in [3.63, 3.8) is 0 Å². The molecule has 0 radical (unpaired) electrons. The molecule has 4 nitrogen and oxygen atoms in total. The molecule has 1 heterocycles. The van der Waals surface area contributed by atoms with Gasteiger partial charge < -0.3 is 10.5 Å². The van der Waals surface area contributed by atoms with E-state index < -0.39 is 5.54 Å². The quantitative estimate of drug-likeness (QED) is 0.907. The number of hydrogen-bond acceptors (Lipinski definition) is 4. The molecule has 2 N–H and O–H groups in total. The Labute approximate surface area is 111 Å². The Morgan fingerprint density at radius 2 is 2.26 bits per heavy atom. The number of pyridine rings is 1. The Hall–Kier alpha value is -2.12. The first-order valence-electron chi connectivity index (χ1n) is 6.39. The average Bonchev–Trinajstić information content (AvgIpc) is 3.29. The zero-order valence-corrected chi connectivity index (χ0v) is 10.5. The average molecular weight is 253 g/mol. The predicted octanol–water partition coefficient (Wildman–Crippen LogP) is 2.24. The fourth-order valence-electron chi connectivity index (χ4n) is 2.18. The normalized spacial score (nSPS) is 17.7. The lowest BCUT2D eigenvalue weighted by Gasteiger charge is -2.21. The minimum atomic E-state index is -0.862. The van der Waals surface area contributed by atoms with Gasteiger partial charge in [-0.05, 0) is 37.0 Å². The van der Waals surface area contributed by atoms with Gasteiger partial charge in [0.15, 0.2) is 0 Å². The summed E-state index contributed by atoms with van der Waals surface area (Å²) in [6.45, 7) is 0.229. The zero-order chi connectivity index (χ0) is 13.3. The molecule has 0 spiro atoms. The Kier molecular flexibility index (Phi) is 2.84. The van der Waals surface area contributed by atoms with Crippen molar-refractivity contribution in [1.29, 1.82) is 5.26 Å². The van der Waals surface area contributed by atoms with E-state index in [-0.39, 0.29) is 12.5 Å². The van der Waals surface area contributed by atoms with Gasteiger partial charge in [0, 0.05) is 17.6 Å². The molecule has 19 heavy (non-hydrogen) atoms. The van der Waals surface area contributed by atoms with Gasteiger partial charge in [0.1, 0.15) is 17.9 Å². The van der Waals surface area contributed by atoms with Crippen LogP contribution < -0.4 is 10.5 Å². The van der Waals surface area contributed by atoms with Gasteiger partial charge in [-0.25, -0.2) is 0 Å². The second-order valence-corrected chi connectivity index (χ2v) is 5.07. The van der Waals surface area contributed by atoms with Crippen LogP contribution in [0.5, 0.6) is 5.75 Å². The molecule has 1 aliphatic carbocycles. The highest BCUT2D eigenvalue weighted by Crippen LogP contribution is 2.38. The first-order chi connectivity index (χ1) is 9.21. The van der Waals surface area contributed by atoms with Crippen molar-refractivity contribution in [2.24, 2.45) is 11.7 Å². The summed E-state index contributed by atoms with van der Waals surface area (Å²) in [5.41, 5.74) is 6.08. The SMILES string of the molecule is N#CC(N)(COc1ccc2cccnc2c1)C1CC1. The summed E-state index contributed by atoms with van der Waals surface area (Å²) in [4.78, 5) is 4.28. The lowest BCUT2D eigenvalue weighted by atomic mass is 9.98. The molecule has 1 atom stereocenters. The number of hydrogen-bond donors (Lipinski definition) is 1. The van der Waals surface area contributed by atoms with Gasteiger partial charge in [-0.15, -0.1) is 0 Å². The molecule has 0 saturated heterocycles. The summed E-state index contributed by atoms with van der Waals surface area (Å²) in [6, 6.07) is 11.8. The van der Waals surface area contributed by atoms with E-state index in [4.69, 9.17) is 10.5 Å². The van der Waals surface area contributed by atoms with E-state index in [0.29, 0.717) is 5.75 Å². The molecule has 0 bridgehead atoms. The highest BCUT2D eigenvalue weighted by molar-refractivity contribution is 5.79. The Bertz CT molecular complexity index is 645. The molecule has 0 aliphatic heterocycles. The summed E-state index contributed by atoms with van der Waals surface area (Å²) in [5, 5.41) is 10.2. The molecule has 0 amide bonds. The van der Waals surface area contributed by atoms with E-state index >= 15 is 0 Å². The number of fused-ring (bicyclic) bond motifs is 1. The highest BCUT2D eigenvalue weighted by atomic mass is 16.5. The Morgan fingerprint density at radius 3 is 3.00 bits per heavy atom. The number of nitrogens with two attached hydrogens (primary N) is 1. The predicted molar refractivity (Wildman–Crippen MR) is 72.5 cm³/mol. The molecule has 3 rings (SSSR count). The lowest BCUT2D eigenvalue weighted by Crippen LogP contribution is -2.46. The van der Waals surface area contributed by atoms with Crippen LogP contribution in [0, 0.1) is 17.2 Å². The van der Waals surface area contributed by atoms with Crippen LogP contribution in [0.25, 0.3) is 10.9 Å². The molecule has 1 saturated carbocycles. The van der Waals surface area contributed by atoms with Crippen LogP contribution in [0.4, 0.5) is 0 Å². The van der Waals surface area contributed by atoms with Crippen LogP contribution in [0.3, 0.4) is 0 Å².